The summed E-state index contributed by atoms with van der Waals surface area (Å²) in [7, 11) is 0. The second-order valence-corrected chi connectivity index (χ2v) is 4.25. The standard InChI is InChI=1S/C12H18N4/c1-9(2)5-11(7-14)16-12-4-3-10(6-13)8-15-12/h3-4,8-9,11H,5,7,14H2,1-2H3,(H,15,16). The molecule has 0 saturated heterocycles. The molecule has 0 aliphatic rings. The topological polar surface area (TPSA) is 74.7 Å². The zero-order valence-corrected chi connectivity index (χ0v) is 9.77. The zero-order chi connectivity index (χ0) is 12.0. The van der Waals surface area contributed by atoms with Gasteiger partial charge in [0.05, 0.1) is 5.56 Å². The summed E-state index contributed by atoms with van der Waals surface area (Å²) >= 11 is 0. The van der Waals surface area contributed by atoms with Crippen LogP contribution >= 0.6 is 0 Å². The molecule has 1 rings (SSSR count). The Hall–Kier alpha value is -1.60. The molecule has 1 aromatic rings. The summed E-state index contributed by atoms with van der Waals surface area (Å²) in [6.07, 6.45) is 2.57. The average molecular weight is 218 g/mol. The Morgan fingerprint density at radius 1 is 1.50 bits per heavy atom. The molecule has 1 aromatic heterocycles. The number of nitrogens with zero attached hydrogens (tertiary/aromatic N) is 2. The van der Waals surface area contributed by atoms with Crippen molar-refractivity contribution in [3.63, 3.8) is 0 Å². The van der Waals surface area contributed by atoms with Crippen LogP contribution in [0, 0.1) is 17.2 Å². The van der Waals surface area contributed by atoms with Gasteiger partial charge < -0.3 is 11.1 Å². The number of pyridine rings is 1. The van der Waals surface area contributed by atoms with Crippen LogP contribution in [-0.4, -0.2) is 17.6 Å². The molecule has 0 amide bonds. The third-order valence-corrected chi connectivity index (χ3v) is 2.29. The van der Waals surface area contributed by atoms with Gasteiger partial charge in [0.25, 0.3) is 0 Å². The van der Waals surface area contributed by atoms with Crippen molar-refractivity contribution in [3.8, 4) is 6.07 Å². The third kappa shape index (κ3) is 3.87. The zero-order valence-electron chi connectivity index (χ0n) is 9.77. The fourth-order valence-corrected chi connectivity index (χ4v) is 1.54. The molecular formula is C12H18N4. The molecule has 1 heterocycles. The lowest BCUT2D eigenvalue weighted by Gasteiger charge is -2.19. The number of nitriles is 1. The third-order valence-electron chi connectivity index (χ3n) is 2.29. The van der Waals surface area contributed by atoms with Crippen molar-refractivity contribution in [2.24, 2.45) is 11.7 Å². The molecular weight excluding hydrogens is 200 g/mol. The average Bonchev–Trinajstić information content (AvgIpc) is 2.28. The molecule has 0 aromatic carbocycles. The van der Waals surface area contributed by atoms with Gasteiger partial charge in [-0.1, -0.05) is 13.8 Å². The molecule has 0 aliphatic heterocycles. The van der Waals surface area contributed by atoms with Crippen LogP contribution in [0.2, 0.25) is 0 Å². The van der Waals surface area contributed by atoms with E-state index in [1.165, 1.54) is 0 Å². The normalized spacial score (nSPS) is 12.2. The Kier molecular flexibility index (Phi) is 4.74. The van der Waals surface area contributed by atoms with E-state index in [2.05, 4.69) is 24.1 Å². The van der Waals surface area contributed by atoms with E-state index < -0.39 is 0 Å². The molecule has 1 atom stereocenters. The van der Waals surface area contributed by atoms with Gasteiger partial charge in [0, 0.05) is 18.8 Å². The SMILES string of the molecule is CC(C)CC(CN)Nc1ccc(C#N)cn1. The van der Waals surface area contributed by atoms with E-state index in [0.29, 0.717) is 18.0 Å². The van der Waals surface area contributed by atoms with Crippen LogP contribution in [0.3, 0.4) is 0 Å². The minimum atomic E-state index is 0.237. The summed E-state index contributed by atoms with van der Waals surface area (Å²) < 4.78 is 0. The van der Waals surface area contributed by atoms with Gasteiger partial charge in [-0.25, -0.2) is 4.98 Å². The van der Waals surface area contributed by atoms with Crippen LogP contribution < -0.4 is 11.1 Å². The predicted molar refractivity (Wildman–Crippen MR) is 64.9 cm³/mol. The Morgan fingerprint density at radius 2 is 2.25 bits per heavy atom. The first-order valence-corrected chi connectivity index (χ1v) is 5.48. The molecule has 4 heteroatoms. The number of hydrogen-bond donors (Lipinski definition) is 2. The van der Waals surface area contributed by atoms with Crippen molar-refractivity contribution in [3.05, 3.63) is 23.9 Å². The largest absolute Gasteiger partial charge is 0.366 e. The molecule has 1 unspecified atom stereocenters. The summed E-state index contributed by atoms with van der Waals surface area (Å²) in [6.45, 7) is 4.91. The van der Waals surface area contributed by atoms with E-state index in [9.17, 15) is 0 Å². The number of aromatic nitrogens is 1. The predicted octanol–water partition coefficient (Wildman–Crippen LogP) is 1.74. The molecule has 16 heavy (non-hydrogen) atoms. The fraction of sp³-hybridized carbons (Fsp3) is 0.500. The lowest BCUT2D eigenvalue weighted by molar-refractivity contribution is 0.521. The Labute approximate surface area is 96.5 Å². The maximum absolute atomic E-state index is 8.65. The van der Waals surface area contributed by atoms with Crippen molar-refractivity contribution in [1.82, 2.24) is 4.98 Å². The molecule has 0 spiro atoms. The first kappa shape index (κ1) is 12.5. The van der Waals surface area contributed by atoms with Crippen molar-refractivity contribution < 1.29 is 0 Å². The highest BCUT2D eigenvalue weighted by molar-refractivity contribution is 5.39. The smallest absolute Gasteiger partial charge is 0.126 e. The van der Waals surface area contributed by atoms with Crippen molar-refractivity contribution >= 4 is 5.82 Å². The Morgan fingerprint density at radius 3 is 2.69 bits per heavy atom. The van der Waals surface area contributed by atoms with E-state index in [1.54, 1.807) is 12.3 Å². The first-order valence-electron chi connectivity index (χ1n) is 5.48. The summed E-state index contributed by atoms with van der Waals surface area (Å²) in [6, 6.07) is 5.83. The van der Waals surface area contributed by atoms with Gasteiger partial charge in [-0.3, -0.25) is 0 Å². The molecule has 0 radical (unpaired) electrons. The highest BCUT2D eigenvalue weighted by Crippen LogP contribution is 2.10. The molecule has 0 aliphatic carbocycles. The van der Waals surface area contributed by atoms with E-state index in [0.717, 1.165) is 12.2 Å². The number of hydrogen-bond acceptors (Lipinski definition) is 4. The summed E-state index contributed by atoms with van der Waals surface area (Å²) in [4.78, 5) is 4.16. The lowest BCUT2D eigenvalue weighted by atomic mass is 10.0. The van der Waals surface area contributed by atoms with Crippen LogP contribution in [0.4, 0.5) is 5.82 Å². The minimum Gasteiger partial charge on any atom is -0.366 e. The van der Waals surface area contributed by atoms with Crippen LogP contribution in [-0.2, 0) is 0 Å². The van der Waals surface area contributed by atoms with Crippen molar-refractivity contribution in [1.29, 1.82) is 5.26 Å². The number of nitrogens with one attached hydrogen (secondary N) is 1. The molecule has 86 valence electrons. The number of rotatable bonds is 5. The maximum atomic E-state index is 8.65. The van der Waals surface area contributed by atoms with Gasteiger partial charge >= 0.3 is 0 Å². The van der Waals surface area contributed by atoms with Gasteiger partial charge in [-0.15, -0.1) is 0 Å². The second kappa shape index (κ2) is 6.09. The maximum Gasteiger partial charge on any atom is 0.126 e. The van der Waals surface area contributed by atoms with E-state index in [1.807, 2.05) is 12.1 Å². The van der Waals surface area contributed by atoms with E-state index in [4.69, 9.17) is 11.0 Å². The first-order chi connectivity index (χ1) is 7.65. The lowest BCUT2D eigenvalue weighted by Crippen LogP contribution is -2.30. The molecule has 0 bridgehead atoms. The van der Waals surface area contributed by atoms with Crippen LogP contribution in [0.1, 0.15) is 25.8 Å². The highest BCUT2D eigenvalue weighted by atomic mass is 15.0. The van der Waals surface area contributed by atoms with Crippen LogP contribution in [0.15, 0.2) is 18.3 Å². The van der Waals surface area contributed by atoms with Gasteiger partial charge in [-0.2, -0.15) is 5.26 Å². The van der Waals surface area contributed by atoms with Gasteiger partial charge in [0.15, 0.2) is 0 Å². The molecule has 4 nitrogen and oxygen atoms in total. The van der Waals surface area contributed by atoms with Crippen LogP contribution in [0.25, 0.3) is 0 Å². The van der Waals surface area contributed by atoms with Crippen molar-refractivity contribution in [2.45, 2.75) is 26.3 Å². The number of nitrogens with two attached hydrogens (primary N) is 1. The second-order valence-electron chi connectivity index (χ2n) is 4.25. The van der Waals surface area contributed by atoms with Crippen molar-refractivity contribution in [2.75, 3.05) is 11.9 Å². The summed E-state index contributed by atoms with van der Waals surface area (Å²) in [5, 5.41) is 11.9. The minimum absolute atomic E-state index is 0.237. The monoisotopic (exact) mass is 218 g/mol. The molecule has 0 saturated carbocycles. The van der Waals surface area contributed by atoms with E-state index in [-0.39, 0.29) is 6.04 Å². The Bertz CT molecular complexity index is 350. The Balaban J connectivity index is 2.60. The quantitative estimate of drug-likeness (QED) is 0.789. The van der Waals surface area contributed by atoms with Crippen LogP contribution in [0.5, 0.6) is 0 Å². The van der Waals surface area contributed by atoms with Gasteiger partial charge in [-0.05, 0) is 24.5 Å². The summed E-state index contributed by atoms with van der Waals surface area (Å²) in [5.41, 5.74) is 6.25. The number of anilines is 1. The molecule has 3 N–H and O–H groups in total. The highest BCUT2D eigenvalue weighted by Gasteiger charge is 2.09. The van der Waals surface area contributed by atoms with Gasteiger partial charge in [0.1, 0.15) is 11.9 Å². The molecule has 0 fully saturated rings. The van der Waals surface area contributed by atoms with E-state index >= 15 is 0 Å². The summed E-state index contributed by atoms with van der Waals surface area (Å²) in [5.74, 6) is 1.37. The van der Waals surface area contributed by atoms with Gasteiger partial charge in [0.2, 0.25) is 0 Å². The fourth-order valence-electron chi connectivity index (χ4n) is 1.54.